The van der Waals surface area contributed by atoms with Crippen LogP contribution in [0.1, 0.15) is 37.9 Å². The van der Waals surface area contributed by atoms with Crippen LogP contribution in [0.4, 0.5) is 0 Å². The molecule has 0 saturated carbocycles. The lowest BCUT2D eigenvalue weighted by Crippen LogP contribution is -2.13. The number of methoxy groups -OCH3 is 1. The Morgan fingerprint density at radius 3 is 2.59 bits per heavy atom. The molecule has 0 unspecified atom stereocenters. The van der Waals surface area contributed by atoms with E-state index in [2.05, 4.69) is 9.89 Å². The molecule has 2 aromatic heterocycles. The molecule has 0 radical (unpaired) electrons. The average Bonchev–Trinajstić information content (AvgIpc) is 3.21. The molecule has 7 heteroatoms. The number of hydrogen-bond acceptors (Lipinski definition) is 6. The van der Waals surface area contributed by atoms with Gasteiger partial charge in [-0.25, -0.2) is 4.79 Å². The quantitative estimate of drug-likeness (QED) is 0.490. The Kier molecular flexibility index (Phi) is 5.12. The van der Waals surface area contributed by atoms with Gasteiger partial charge in [-0.3, -0.25) is 9.36 Å². The van der Waals surface area contributed by atoms with E-state index in [0.29, 0.717) is 28.5 Å². The van der Waals surface area contributed by atoms with Gasteiger partial charge in [0.15, 0.2) is 12.4 Å². The summed E-state index contributed by atoms with van der Waals surface area (Å²) < 4.78 is 17.2. The molecular weight excluding hydrogens is 348 g/mol. The molecule has 0 spiro atoms. The molecule has 0 aliphatic rings. The van der Waals surface area contributed by atoms with Gasteiger partial charge in [-0.1, -0.05) is 11.2 Å². The summed E-state index contributed by atoms with van der Waals surface area (Å²) in [6.07, 6.45) is 0. The molecule has 3 rings (SSSR count). The summed E-state index contributed by atoms with van der Waals surface area (Å²) in [4.78, 5) is 24.2. The molecule has 0 aliphatic carbocycles. The van der Waals surface area contributed by atoms with Gasteiger partial charge < -0.3 is 14.0 Å². The van der Waals surface area contributed by atoms with Crippen molar-refractivity contribution in [3.8, 4) is 11.6 Å². The molecule has 2 heterocycles. The lowest BCUT2D eigenvalue weighted by atomic mass is 10.1. The van der Waals surface area contributed by atoms with Gasteiger partial charge in [0.05, 0.1) is 12.7 Å². The topological polar surface area (TPSA) is 83.6 Å². The third-order valence-corrected chi connectivity index (χ3v) is 4.20. The Balaban J connectivity index is 1.77. The molecule has 140 valence electrons. The van der Waals surface area contributed by atoms with E-state index in [-0.39, 0.29) is 12.4 Å². The minimum absolute atomic E-state index is 0.146. The number of nitrogens with zero attached hydrogens (tertiary/aromatic N) is 2. The molecular formula is C20H20N2O5. The second-order valence-corrected chi connectivity index (χ2v) is 6.15. The third kappa shape index (κ3) is 3.76. The highest BCUT2D eigenvalue weighted by Crippen LogP contribution is 2.22. The molecule has 1 aromatic carbocycles. The fourth-order valence-corrected chi connectivity index (χ4v) is 2.91. The van der Waals surface area contributed by atoms with Crippen molar-refractivity contribution in [1.82, 2.24) is 9.72 Å². The van der Waals surface area contributed by atoms with E-state index in [1.54, 1.807) is 30.3 Å². The van der Waals surface area contributed by atoms with Crippen molar-refractivity contribution in [3.63, 3.8) is 0 Å². The minimum Gasteiger partial charge on any atom is -0.485 e. The number of esters is 1. The van der Waals surface area contributed by atoms with Gasteiger partial charge in [0, 0.05) is 23.0 Å². The van der Waals surface area contributed by atoms with Crippen LogP contribution in [0.3, 0.4) is 0 Å². The van der Waals surface area contributed by atoms with E-state index < -0.39 is 5.97 Å². The van der Waals surface area contributed by atoms with Crippen LogP contribution in [0.2, 0.25) is 0 Å². The fourth-order valence-electron chi connectivity index (χ4n) is 2.91. The molecule has 0 amide bonds. The van der Waals surface area contributed by atoms with Crippen molar-refractivity contribution in [2.75, 3.05) is 13.7 Å². The van der Waals surface area contributed by atoms with Gasteiger partial charge in [0.2, 0.25) is 5.78 Å². The van der Waals surface area contributed by atoms with E-state index in [4.69, 9.17) is 9.26 Å². The van der Waals surface area contributed by atoms with Gasteiger partial charge in [-0.15, -0.1) is 0 Å². The number of rotatable bonds is 6. The molecule has 0 N–H and O–H groups in total. The highest BCUT2D eigenvalue weighted by atomic mass is 16.5. The fraction of sp³-hybridized carbons (Fsp3) is 0.250. The van der Waals surface area contributed by atoms with E-state index in [1.807, 2.05) is 31.4 Å². The van der Waals surface area contributed by atoms with Crippen molar-refractivity contribution in [3.05, 3.63) is 64.7 Å². The van der Waals surface area contributed by atoms with E-state index >= 15 is 0 Å². The number of benzene rings is 1. The van der Waals surface area contributed by atoms with Crippen LogP contribution in [0.5, 0.6) is 5.75 Å². The summed E-state index contributed by atoms with van der Waals surface area (Å²) in [5.41, 5.74) is 2.55. The van der Waals surface area contributed by atoms with Crippen molar-refractivity contribution in [2.24, 2.45) is 0 Å². The van der Waals surface area contributed by atoms with Gasteiger partial charge in [-0.05, 0) is 45.0 Å². The Hall–Kier alpha value is -3.35. The standard InChI is InChI=1S/C20H20N2O5/c1-12-8-17(14(3)22(12)19-9-13(2)27-21-19)18(23)11-26-16-7-5-6-15(10-16)20(24)25-4/h5-10H,11H2,1-4H3. The Bertz CT molecular complexity index is 1000. The normalized spacial score (nSPS) is 10.7. The number of ketones is 1. The summed E-state index contributed by atoms with van der Waals surface area (Å²) >= 11 is 0. The largest absolute Gasteiger partial charge is 0.485 e. The molecule has 3 aromatic rings. The molecule has 0 fully saturated rings. The van der Waals surface area contributed by atoms with Crippen LogP contribution in [0, 0.1) is 20.8 Å². The molecule has 7 nitrogen and oxygen atoms in total. The molecule has 0 aliphatic heterocycles. The highest BCUT2D eigenvalue weighted by molar-refractivity contribution is 5.98. The number of aromatic nitrogens is 2. The number of Topliss-reactive ketones (excluding diaryl/α,β-unsaturated/α-hetero) is 1. The maximum absolute atomic E-state index is 12.6. The second-order valence-electron chi connectivity index (χ2n) is 6.15. The Morgan fingerprint density at radius 1 is 1.15 bits per heavy atom. The summed E-state index contributed by atoms with van der Waals surface area (Å²) in [6.45, 7) is 5.41. The molecule has 27 heavy (non-hydrogen) atoms. The minimum atomic E-state index is -0.460. The van der Waals surface area contributed by atoms with E-state index in [0.717, 1.165) is 11.4 Å². The van der Waals surface area contributed by atoms with Crippen LogP contribution in [0.25, 0.3) is 5.82 Å². The summed E-state index contributed by atoms with van der Waals surface area (Å²) in [7, 11) is 1.31. The zero-order chi connectivity index (χ0) is 19.6. The molecule has 0 atom stereocenters. The van der Waals surface area contributed by atoms with Gasteiger partial charge in [0.25, 0.3) is 0 Å². The van der Waals surface area contributed by atoms with Gasteiger partial charge >= 0.3 is 5.97 Å². The molecule has 0 bridgehead atoms. The first kappa shape index (κ1) is 18.4. The smallest absolute Gasteiger partial charge is 0.337 e. The predicted octanol–water partition coefficient (Wildman–Crippen LogP) is 3.44. The summed E-state index contributed by atoms with van der Waals surface area (Å²) in [6, 6.07) is 10.1. The zero-order valence-electron chi connectivity index (χ0n) is 15.6. The third-order valence-electron chi connectivity index (χ3n) is 4.20. The summed E-state index contributed by atoms with van der Waals surface area (Å²) in [5, 5.41) is 4.01. The SMILES string of the molecule is COC(=O)c1cccc(OCC(=O)c2cc(C)n(-c3cc(C)on3)c2C)c1. The van der Waals surface area contributed by atoms with Crippen LogP contribution in [-0.4, -0.2) is 35.2 Å². The van der Waals surface area contributed by atoms with Crippen LogP contribution in [-0.2, 0) is 4.74 Å². The van der Waals surface area contributed by atoms with Crippen molar-refractivity contribution in [2.45, 2.75) is 20.8 Å². The first-order chi connectivity index (χ1) is 12.9. The lowest BCUT2D eigenvalue weighted by molar-refractivity contribution is 0.0600. The summed E-state index contributed by atoms with van der Waals surface area (Å²) in [5.74, 6) is 1.12. The predicted molar refractivity (Wildman–Crippen MR) is 97.6 cm³/mol. The lowest BCUT2D eigenvalue weighted by Gasteiger charge is -2.08. The van der Waals surface area contributed by atoms with E-state index in [1.165, 1.54) is 7.11 Å². The number of ether oxygens (including phenoxy) is 2. The number of aryl methyl sites for hydroxylation is 2. The van der Waals surface area contributed by atoms with Crippen LogP contribution >= 0.6 is 0 Å². The van der Waals surface area contributed by atoms with E-state index in [9.17, 15) is 9.59 Å². The van der Waals surface area contributed by atoms with Crippen LogP contribution < -0.4 is 4.74 Å². The first-order valence-corrected chi connectivity index (χ1v) is 8.37. The van der Waals surface area contributed by atoms with Crippen molar-refractivity contribution in [1.29, 1.82) is 0 Å². The Labute approximate surface area is 156 Å². The number of carbonyl (C=O) groups is 2. The second kappa shape index (κ2) is 7.49. The zero-order valence-corrected chi connectivity index (χ0v) is 15.6. The Morgan fingerprint density at radius 2 is 1.93 bits per heavy atom. The van der Waals surface area contributed by atoms with Crippen molar-refractivity contribution < 1.29 is 23.6 Å². The van der Waals surface area contributed by atoms with Gasteiger partial charge in [-0.2, -0.15) is 0 Å². The highest BCUT2D eigenvalue weighted by Gasteiger charge is 2.19. The maximum atomic E-state index is 12.6. The number of carbonyl (C=O) groups excluding carboxylic acids is 2. The molecule has 0 saturated heterocycles. The maximum Gasteiger partial charge on any atom is 0.337 e. The number of hydrogen-bond donors (Lipinski definition) is 0. The van der Waals surface area contributed by atoms with Gasteiger partial charge in [0.1, 0.15) is 11.5 Å². The van der Waals surface area contributed by atoms with Crippen molar-refractivity contribution >= 4 is 11.8 Å². The van der Waals surface area contributed by atoms with Crippen LogP contribution in [0.15, 0.2) is 40.9 Å². The average molecular weight is 368 g/mol. The first-order valence-electron chi connectivity index (χ1n) is 8.37. The monoisotopic (exact) mass is 368 g/mol.